The number of hydrogen-bond acceptors (Lipinski definition) is 1. The van der Waals surface area contributed by atoms with Crippen LogP contribution in [0.1, 0.15) is 11.1 Å². The molecule has 1 nitrogen and oxygen atoms in total. The average molecular weight is 144 g/mol. The molecule has 1 aliphatic rings. The number of carbonyl (C=O) groups is 1. The average Bonchev–Trinajstić information content (AvgIpc) is 2.47. The quantitative estimate of drug-likeness (QED) is 0.549. The minimum Gasteiger partial charge on any atom is -0.298 e. The van der Waals surface area contributed by atoms with Crippen LogP contribution in [-0.2, 0) is 11.2 Å². The zero-order chi connectivity index (χ0) is 7.68. The molecule has 1 aromatic carbocycles. The second-order valence-corrected chi connectivity index (χ2v) is 2.64. The Morgan fingerprint density at radius 1 is 1.27 bits per heavy atom. The summed E-state index contributed by atoms with van der Waals surface area (Å²) in [6.07, 6.45) is 3.80. The van der Waals surface area contributed by atoms with Crippen LogP contribution in [0.2, 0.25) is 0 Å². The van der Waals surface area contributed by atoms with Crippen molar-refractivity contribution in [2.24, 2.45) is 0 Å². The van der Waals surface area contributed by atoms with Gasteiger partial charge in [0.25, 0.3) is 0 Å². The van der Waals surface area contributed by atoms with Gasteiger partial charge in [-0.25, -0.2) is 0 Å². The maximum atomic E-state index is 10.5. The lowest BCUT2D eigenvalue weighted by molar-refractivity contribution is -0.103. The van der Waals surface area contributed by atoms with Crippen LogP contribution in [0, 0.1) is 0 Å². The molecular formula is C10H8O. The molecule has 0 saturated carbocycles. The summed E-state index contributed by atoms with van der Waals surface area (Å²) in [7, 11) is 0. The van der Waals surface area contributed by atoms with Gasteiger partial charge < -0.3 is 0 Å². The van der Waals surface area contributed by atoms with Crippen LogP contribution in [0.3, 0.4) is 0 Å². The van der Waals surface area contributed by atoms with Crippen molar-refractivity contribution in [3.8, 4) is 0 Å². The summed E-state index contributed by atoms with van der Waals surface area (Å²) in [6, 6.07) is 8.01. The first-order valence-electron chi connectivity index (χ1n) is 3.65. The molecule has 0 bridgehead atoms. The molecule has 1 aromatic rings. The van der Waals surface area contributed by atoms with Crippen molar-refractivity contribution >= 4 is 11.9 Å². The van der Waals surface area contributed by atoms with E-state index in [1.54, 1.807) is 0 Å². The Morgan fingerprint density at radius 3 is 2.91 bits per heavy atom. The molecule has 1 aliphatic carbocycles. The lowest BCUT2D eigenvalue weighted by Crippen LogP contribution is -1.83. The highest BCUT2D eigenvalue weighted by Gasteiger charge is 2.10. The summed E-state index contributed by atoms with van der Waals surface area (Å²) >= 11 is 0. The summed E-state index contributed by atoms with van der Waals surface area (Å²) in [5, 5.41) is 0. The van der Waals surface area contributed by atoms with E-state index < -0.39 is 0 Å². The maximum absolute atomic E-state index is 10.5. The lowest BCUT2D eigenvalue weighted by atomic mass is 10.1. The number of rotatable bonds is 1. The zero-order valence-corrected chi connectivity index (χ0v) is 6.08. The van der Waals surface area contributed by atoms with Gasteiger partial charge in [-0.2, -0.15) is 0 Å². The van der Waals surface area contributed by atoms with Crippen LogP contribution in [-0.4, -0.2) is 6.29 Å². The number of benzene rings is 1. The molecule has 0 N–H and O–H groups in total. The van der Waals surface area contributed by atoms with Crippen LogP contribution < -0.4 is 0 Å². The van der Waals surface area contributed by atoms with E-state index in [9.17, 15) is 4.79 Å². The summed E-state index contributed by atoms with van der Waals surface area (Å²) in [6.45, 7) is 0. The van der Waals surface area contributed by atoms with Crippen LogP contribution >= 0.6 is 0 Å². The molecule has 0 fully saturated rings. The topological polar surface area (TPSA) is 17.1 Å². The SMILES string of the molecule is O=CC1=CCc2ccccc21. The predicted molar refractivity (Wildman–Crippen MR) is 44.2 cm³/mol. The summed E-state index contributed by atoms with van der Waals surface area (Å²) in [5.74, 6) is 0. The van der Waals surface area contributed by atoms with Gasteiger partial charge in [0.05, 0.1) is 0 Å². The van der Waals surface area contributed by atoms with E-state index in [0.717, 1.165) is 23.8 Å². The van der Waals surface area contributed by atoms with Crippen LogP contribution in [0.4, 0.5) is 0 Å². The fraction of sp³-hybridized carbons (Fsp3) is 0.100. The molecule has 0 atom stereocenters. The molecule has 0 unspecified atom stereocenters. The monoisotopic (exact) mass is 144 g/mol. The summed E-state index contributed by atoms with van der Waals surface area (Å²) in [5.41, 5.74) is 3.19. The number of aldehydes is 1. The molecule has 0 spiro atoms. The Bertz CT molecular complexity index is 323. The highest BCUT2D eigenvalue weighted by atomic mass is 16.1. The Hall–Kier alpha value is -1.37. The van der Waals surface area contributed by atoms with Gasteiger partial charge in [-0.15, -0.1) is 0 Å². The third-order valence-electron chi connectivity index (χ3n) is 2.00. The van der Waals surface area contributed by atoms with Crippen molar-refractivity contribution in [3.05, 3.63) is 41.5 Å². The predicted octanol–water partition coefficient (Wildman–Crippen LogP) is 1.82. The zero-order valence-electron chi connectivity index (χ0n) is 6.08. The molecule has 0 aromatic heterocycles. The number of hydrogen-bond donors (Lipinski definition) is 0. The molecule has 0 aliphatic heterocycles. The van der Waals surface area contributed by atoms with E-state index in [1.165, 1.54) is 5.56 Å². The van der Waals surface area contributed by atoms with Gasteiger partial charge in [-0.1, -0.05) is 30.3 Å². The second kappa shape index (κ2) is 2.35. The van der Waals surface area contributed by atoms with Crippen molar-refractivity contribution in [3.63, 3.8) is 0 Å². The number of fused-ring (bicyclic) bond motifs is 1. The fourth-order valence-corrected chi connectivity index (χ4v) is 1.42. The molecular weight excluding hydrogens is 136 g/mol. The smallest absolute Gasteiger partial charge is 0.150 e. The lowest BCUT2D eigenvalue weighted by Gasteiger charge is -1.96. The van der Waals surface area contributed by atoms with E-state index in [0.29, 0.717) is 0 Å². The molecule has 54 valence electrons. The van der Waals surface area contributed by atoms with Gasteiger partial charge >= 0.3 is 0 Å². The Balaban J connectivity index is 2.56. The van der Waals surface area contributed by atoms with Crippen molar-refractivity contribution in [2.75, 3.05) is 0 Å². The molecule has 2 rings (SSSR count). The fourth-order valence-electron chi connectivity index (χ4n) is 1.42. The van der Waals surface area contributed by atoms with Crippen LogP contribution in [0.15, 0.2) is 30.3 Å². The van der Waals surface area contributed by atoms with E-state index in [2.05, 4.69) is 6.07 Å². The van der Waals surface area contributed by atoms with E-state index >= 15 is 0 Å². The van der Waals surface area contributed by atoms with Crippen LogP contribution in [0.25, 0.3) is 5.57 Å². The third-order valence-corrected chi connectivity index (χ3v) is 2.00. The Kier molecular flexibility index (Phi) is 1.35. The minimum absolute atomic E-state index is 0.834. The Morgan fingerprint density at radius 2 is 2.09 bits per heavy atom. The molecule has 0 amide bonds. The van der Waals surface area contributed by atoms with Gasteiger partial charge in [0.15, 0.2) is 0 Å². The highest BCUT2D eigenvalue weighted by molar-refractivity contribution is 6.08. The normalized spacial score (nSPS) is 14.0. The van der Waals surface area contributed by atoms with E-state index in [1.807, 2.05) is 24.3 Å². The molecule has 0 radical (unpaired) electrons. The van der Waals surface area contributed by atoms with Crippen LogP contribution in [0.5, 0.6) is 0 Å². The van der Waals surface area contributed by atoms with Gasteiger partial charge in [0, 0.05) is 5.57 Å². The maximum Gasteiger partial charge on any atom is 0.150 e. The first-order valence-corrected chi connectivity index (χ1v) is 3.65. The standard InChI is InChI=1S/C10H8O/c11-7-9-6-5-8-3-1-2-4-10(8)9/h1-4,6-7H,5H2. The van der Waals surface area contributed by atoms with Gasteiger partial charge in [0.2, 0.25) is 0 Å². The van der Waals surface area contributed by atoms with Crippen molar-refractivity contribution in [2.45, 2.75) is 6.42 Å². The molecule has 0 saturated heterocycles. The van der Waals surface area contributed by atoms with Gasteiger partial charge in [0.1, 0.15) is 6.29 Å². The molecule has 0 heterocycles. The van der Waals surface area contributed by atoms with Crippen molar-refractivity contribution in [1.82, 2.24) is 0 Å². The minimum atomic E-state index is 0.834. The number of allylic oxidation sites excluding steroid dienone is 2. The highest BCUT2D eigenvalue weighted by Crippen LogP contribution is 2.24. The summed E-state index contributed by atoms with van der Waals surface area (Å²) in [4.78, 5) is 10.5. The number of carbonyl (C=O) groups excluding carboxylic acids is 1. The van der Waals surface area contributed by atoms with Crippen molar-refractivity contribution < 1.29 is 4.79 Å². The summed E-state index contributed by atoms with van der Waals surface area (Å²) < 4.78 is 0. The largest absolute Gasteiger partial charge is 0.298 e. The second-order valence-electron chi connectivity index (χ2n) is 2.64. The van der Waals surface area contributed by atoms with E-state index in [-0.39, 0.29) is 0 Å². The molecule has 11 heavy (non-hydrogen) atoms. The first-order chi connectivity index (χ1) is 5.42. The van der Waals surface area contributed by atoms with Gasteiger partial charge in [-0.3, -0.25) is 4.79 Å². The first kappa shape index (κ1) is 6.35. The third kappa shape index (κ3) is 0.891. The van der Waals surface area contributed by atoms with Gasteiger partial charge in [-0.05, 0) is 17.5 Å². The van der Waals surface area contributed by atoms with Crippen molar-refractivity contribution in [1.29, 1.82) is 0 Å². The Labute approximate surface area is 65.4 Å². The molecule has 1 heteroatoms. The van der Waals surface area contributed by atoms with E-state index in [4.69, 9.17) is 0 Å².